The van der Waals surface area contributed by atoms with Gasteiger partial charge in [-0.1, -0.05) is 23.7 Å². The van der Waals surface area contributed by atoms with Crippen LogP contribution in [0.1, 0.15) is 38.8 Å². The van der Waals surface area contributed by atoms with Crippen LogP contribution in [-0.4, -0.2) is 50.6 Å². The van der Waals surface area contributed by atoms with Gasteiger partial charge >= 0.3 is 18.0 Å². The smallest absolute Gasteiger partial charge is 0.349 e. The zero-order chi connectivity index (χ0) is 28.6. The molecule has 37 heavy (non-hydrogen) atoms. The highest BCUT2D eigenvalue weighted by atomic mass is 35.5. The Hall–Kier alpha value is -2.87. The summed E-state index contributed by atoms with van der Waals surface area (Å²) in [6, 6.07) is 3.87. The van der Waals surface area contributed by atoms with Crippen LogP contribution in [0.4, 0.5) is 36.4 Å². The van der Waals surface area contributed by atoms with Crippen LogP contribution in [0.5, 0.6) is 0 Å². The summed E-state index contributed by atoms with van der Waals surface area (Å²) in [5.74, 6) is -2.26. The maximum Gasteiger partial charge on any atom is 0.435 e. The molecule has 2 amide bonds. The summed E-state index contributed by atoms with van der Waals surface area (Å²) in [7, 11) is -3.45. The molecule has 0 aromatic heterocycles. The number of aryl methyl sites for hydroxylation is 1. The summed E-state index contributed by atoms with van der Waals surface area (Å²) in [4.78, 5) is 25.5. The van der Waals surface area contributed by atoms with E-state index in [1.807, 2.05) is 0 Å². The number of sulfone groups is 1. The SMILES string of the molecule is Cc1cc(C(F)(C(F)(F)F)C(F)(F)F)ccc1NC(=O)c1cc(Cl)ccc1C(=O)N[C@H](C)CS(C)(=O)=O. The standard InChI is InChI=1S/C22H20ClF7N2O4S/c1-11-8-13(20(24,21(25,26)27)22(28,29)30)4-7-17(11)32-19(34)16-9-14(23)5-6-15(16)18(33)31-12(2)10-37(3,35)36/h4-9,12H,10H2,1-3H3,(H,31,33)(H,32,34)/t12-/m1/s1. The molecule has 15 heteroatoms. The third kappa shape index (κ3) is 6.92. The van der Waals surface area contributed by atoms with Crippen LogP contribution in [0, 0.1) is 6.92 Å². The van der Waals surface area contributed by atoms with Crippen molar-refractivity contribution in [1.82, 2.24) is 5.32 Å². The molecule has 2 rings (SSSR count). The second-order valence-electron chi connectivity index (χ2n) is 8.29. The lowest BCUT2D eigenvalue weighted by Gasteiger charge is -2.30. The number of carbonyl (C=O) groups is 2. The highest BCUT2D eigenvalue weighted by Gasteiger charge is 2.73. The Morgan fingerprint density at radius 2 is 1.49 bits per heavy atom. The van der Waals surface area contributed by atoms with Gasteiger partial charge < -0.3 is 10.6 Å². The summed E-state index contributed by atoms with van der Waals surface area (Å²) in [6.07, 6.45) is -11.7. The van der Waals surface area contributed by atoms with Crippen molar-refractivity contribution in [2.75, 3.05) is 17.3 Å². The van der Waals surface area contributed by atoms with Gasteiger partial charge in [0.1, 0.15) is 9.84 Å². The summed E-state index contributed by atoms with van der Waals surface area (Å²) in [6.45, 7) is 2.46. The van der Waals surface area contributed by atoms with Crippen LogP contribution >= 0.6 is 11.6 Å². The fourth-order valence-corrected chi connectivity index (χ4v) is 4.56. The van der Waals surface area contributed by atoms with Crippen LogP contribution in [-0.2, 0) is 15.5 Å². The number of hydrogen-bond acceptors (Lipinski definition) is 4. The van der Waals surface area contributed by atoms with E-state index < -0.39 is 57.0 Å². The zero-order valence-corrected chi connectivity index (χ0v) is 20.9. The lowest BCUT2D eigenvalue weighted by atomic mass is 9.92. The summed E-state index contributed by atoms with van der Waals surface area (Å²) in [5, 5.41) is 4.65. The van der Waals surface area contributed by atoms with Crippen molar-refractivity contribution in [3.63, 3.8) is 0 Å². The minimum absolute atomic E-state index is 0.00974. The molecule has 0 unspecified atom stereocenters. The second-order valence-corrected chi connectivity index (χ2v) is 10.9. The lowest BCUT2D eigenvalue weighted by Crippen LogP contribution is -2.50. The predicted octanol–water partition coefficient (Wildman–Crippen LogP) is 5.35. The molecule has 0 bridgehead atoms. The second kappa shape index (κ2) is 10.5. The Morgan fingerprint density at radius 3 is 1.97 bits per heavy atom. The Bertz CT molecular complexity index is 1300. The first-order valence-corrected chi connectivity index (χ1v) is 12.6. The largest absolute Gasteiger partial charge is 0.435 e. The number of halogens is 8. The summed E-state index contributed by atoms with van der Waals surface area (Å²) < 4.78 is 115. The average molecular weight is 577 g/mol. The highest BCUT2D eigenvalue weighted by Crippen LogP contribution is 2.53. The molecule has 0 saturated carbocycles. The van der Waals surface area contributed by atoms with Gasteiger partial charge in [-0.3, -0.25) is 9.59 Å². The molecule has 0 radical (unpaired) electrons. The van der Waals surface area contributed by atoms with Crippen LogP contribution in [0.15, 0.2) is 36.4 Å². The first-order chi connectivity index (χ1) is 16.7. The molecule has 0 saturated heterocycles. The number of carbonyl (C=O) groups excluding carboxylic acids is 2. The van der Waals surface area contributed by atoms with E-state index in [9.17, 15) is 48.7 Å². The molecule has 204 valence electrons. The quantitative estimate of drug-likeness (QED) is 0.435. The van der Waals surface area contributed by atoms with E-state index in [4.69, 9.17) is 11.6 Å². The molecule has 0 fully saturated rings. The van der Waals surface area contributed by atoms with Crippen molar-refractivity contribution in [2.45, 2.75) is 37.9 Å². The van der Waals surface area contributed by atoms with E-state index in [0.717, 1.165) is 19.2 Å². The van der Waals surface area contributed by atoms with Gasteiger partial charge in [-0.25, -0.2) is 12.8 Å². The zero-order valence-electron chi connectivity index (χ0n) is 19.3. The Labute approximate surface area is 212 Å². The van der Waals surface area contributed by atoms with Crippen molar-refractivity contribution in [1.29, 1.82) is 0 Å². The van der Waals surface area contributed by atoms with Crippen molar-refractivity contribution < 1.29 is 48.7 Å². The average Bonchev–Trinajstić information content (AvgIpc) is 2.71. The topological polar surface area (TPSA) is 92.3 Å². The first-order valence-electron chi connectivity index (χ1n) is 10.2. The minimum Gasteiger partial charge on any atom is -0.349 e. The van der Waals surface area contributed by atoms with Gasteiger partial charge in [-0.15, -0.1) is 0 Å². The molecule has 6 nitrogen and oxygen atoms in total. The Morgan fingerprint density at radius 1 is 0.919 bits per heavy atom. The first kappa shape index (κ1) is 30.4. The molecule has 0 spiro atoms. The molecular weight excluding hydrogens is 557 g/mol. The number of anilines is 1. The van der Waals surface area contributed by atoms with Crippen molar-refractivity contribution in [3.05, 3.63) is 63.7 Å². The maximum absolute atomic E-state index is 14.3. The van der Waals surface area contributed by atoms with Crippen molar-refractivity contribution >= 4 is 38.9 Å². The van der Waals surface area contributed by atoms with Gasteiger partial charge in [0.15, 0.2) is 0 Å². The molecule has 0 aliphatic rings. The number of amides is 2. The maximum atomic E-state index is 14.3. The molecule has 2 aromatic carbocycles. The highest BCUT2D eigenvalue weighted by molar-refractivity contribution is 7.90. The third-order valence-electron chi connectivity index (χ3n) is 5.05. The van der Waals surface area contributed by atoms with Crippen molar-refractivity contribution in [2.24, 2.45) is 0 Å². The van der Waals surface area contributed by atoms with Gasteiger partial charge in [-0.2, -0.15) is 26.3 Å². The van der Waals surface area contributed by atoms with E-state index in [-0.39, 0.29) is 33.5 Å². The molecule has 1 atom stereocenters. The molecule has 0 heterocycles. The van der Waals surface area contributed by atoms with Crippen LogP contribution in [0.2, 0.25) is 5.02 Å². The Kier molecular flexibility index (Phi) is 8.60. The summed E-state index contributed by atoms with van der Waals surface area (Å²) >= 11 is 5.90. The van der Waals surface area contributed by atoms with Gasteiger partial charge in [0, 0.05) is 28.6 Å². The van der Waals surface area contributed by atoms with Gasteiger partial charge in [0.25, 0.3) is 11.8 Å². The molecule has 0 aliphatic heterocycles. The van der Waals surface area contributed by atoms with E-state index in [0.29, 0.717) is 12.1 Å². The number of nitrogens with one attached hydrogen (secondary N) is 2. The molecular formula is C22H20ClF7N2O4S. The van der Waals surface area contributed by atoms with E-state index >= 15 is 0 Å². The number of benzene rings is 2. The number of rotatable bonds is 7. The van der Waals surface area contributed by atoms with Gasteiger partial charge in [-0.05, 0) is 43.7 Å². The van der Waals surface area contributed by atoms with E-state index in [1.165, 1.54) is 19.1 Å². The van der Waals surface area contributed by atoms with E-state index in [2.05, 4.69) is 10.6 Å². The normalized spacial score (nSPS) is 13.7. The fourth-order valence-electron chi connectivity index (χ4n) is 3.40. The van der Waals surface area contributed by atoms with Gasteiger partial charge in [0.2, 0.25) is 0 Å². The van der Waals surface area contributed by atoms with Crippen LogP contribution in [0.25, 0.3) is 0 Å². The van der Waals surface area contributed by atoms with Crippen LogP contribution < -0.4 is 10.6 Å². The fraction of sp³-hybridized carbons (Fsp3) is 0.364. The lowest BCUT2D eigenvalue weighted by molar-refractivity contribution is -0.348. The summed E-state index contributed by atoms with van der Waals surface area (Å²) in [5.41, 5.74) is -8.55. The Balaban J connectivity index is 2.39. The van der Waals surface area contributed by atoms with Crippen LogP contribution in [0.3, 0.4) is 0 Å². The molecule has 0 aliphatic carbocycles. The third-order valence-corrected chi connectivity index (χ3v) is 6.40. The predicted molar refractivity (Wildman–Crippen MR) is 122 cm³/mol. The number of hydrogen-bond donors (Lipinski definition) is 2. The molecule has 2 N–H and O–H groups in total. The van der Waals surface area contributed by atoms with E-state index in [1.54, 1.807) is 0 Å². The minimum atomic E-state index is -6.31. The molecule has 2 aromatic rings. The monoisotopic (exact) mass is 576 g/mol. The van der Waals surface area contributed by atoms with Gasteiger partial charge in [0.05, 0.1) is 16.9 Å². The van der Waals surface area contributed by atoms with Crippen molar-refractivity contribution in [3.8, 4) is 0 Å². The number of alkyl halides is 7.